The third kappa shape index (κ3) is 43.4. The van der Waals surface area contributed by atoms with Crippen LogP contribution in [0.25, 0.3) is 0 Å². The van der Waals surface area contributed by atoms with Crippen LogP contribution in [0, 0.1) is 0 Å². The predicted molar refractivity (Wildman–Crippen MR) is 415 cm³/mol. The monoisotopic (exact) mass is 1470 g/mol. The molecule has 3 heterocycles. The highest BCUT2D eigenvalue weighted by atomic mass is 16.8. The lowest BCUT2D eigenvalue weighted by Gasteiger charge is -2.48. The summed E-state index contributed by atoms with van der Waals surface area (Å²) in [5, 5.41) is 121. The molecule has 104 heavy (non-hydrogen) atoms. The van der Waals surface area contributed by atoms with Gasteiger partial charge in [-0.05, 0) is 96.3 Å². The van der Waals surface area contributed by atoms with Crippen molar-refractivity contribution >= 4 is 5.91 Å². The van der Waals surface area contributed by atoms with Crippen molar-refractivity contribution < 1.29 is 89.4 Å². The molecular formula is C85H145NO18. The van der Waals surface area contributed by atoms with Gasteiger partial charge in [-0.1, -0.05) is 296 Å². The molecule has 3 aliphatic heterocycles. The molecule has 12 N–H and O–H groups in total. The van der Waals surface area contributed by atoms with Gasteiger partial charge >= 0.3 is 0 Å². The van der Waals surface area contributed by atoms with E-state index in [2.05, 4.69) is 129 Å². The minimum atomic E-state index is -1.99. The van der Waals surface area contributed by atoms with Gasteiger partial charge in [0.2, 0.25) is 5.91 Å². The summed E-state index contributed by atoms with van der Waals surface area (Å²) < 4.78 is 34.4. The van der Waals surface area contributed by atoms with Crippen molar-refractivity contribution in [2.24, 2.45) is 0 Å². The first kappa shape index (κ1) is 94.4. The molecule has 3 fully saturated rings. The van der Waals surface area contributed by atoms with Gasteiger partial charge in [0.1, 0.15) is 73.2 Å². The summed E-state index contributed by atoms with van der Waals surface area (Å²) in [5.41, 5.74) is 0. The fourth-order valence-electron chi connectivity index (χ4n) is 13.0. The van der Waals surface area contributed by atoms with Gasteiger partial charge in [0.25, 0.3) is 0 Å². The quantitative estimate of drug-likeness (QED) is 0.0199. The zero-order valence-corrected chi connectivity index (χ0v) is 64.0. The van der Waals surface area contributed by atoms with E-state index in [1.54, 1.807) is 6.08 Å². The van der Waals surface area contributed by atoms with E-state index in [9.17, 15) is 61.0 Å². The van der Waals surface area contributed by atoms with Gasteiger partial charge < -0.3 is 89.9 Å². The zero-order valence-electron chi connectivity index (χ0n) is 64.0. The lowest BCUT2D eigenvalue weighted by atomic mass is 9.96. The Morgan fingerprint density at radius 1 is 0.356 bits per heavy atom. The number of hydrogen-bond acceptors (Lipinski definition) is 18. The van der Waals surface area contributed by atoms with Gasteiger partial charge in [0, 0.05) is 6.42 Å². The maximum atomic E-state index is 13.5. The number of unbranched alkanes of at least 4 members (excludes halogenated alkanes) is 29. The van der Waals surface area contributed by atoms with E-state index in [0.29, 0.717) is 12.8 Å². The molecule has 0 aromatic heterocycles. The molecule has 3 aliphatic rings. The van der Waals surface area contributed by atoms with Crippen molar-refractivity contribution in [3.63, 3.8) is 0 Å². The normalized spacial score (nSPS) is 26.6. The minimum Gasteiger partial charge on any atom is -0.394 e. The highest BCUT2D eigenvalue weighted by molar-refractivity contribution is 5.76. The summed E-state index contributed by atoms with van der Waals surface area (Å²) in [6, 6.07) is -0.996. The molecule has 1 amide bonds. The Morgan fingerprint density at radius 3 is 1.08 bits per heavy atom. The Balaban J connectivity index is 1.32. The summed E-state index contributed by atoms with van der Waals surface area (Å²) in [6.07, 6.45) is 63.3. The number of amides is 1. The molecule has 0 aromatic rings. The molecule has 19 heteroatoms. The van der Waals surface area contributed by atoms with Crippen molar-refractivity contribution in [1.82, 2.24) is 5.32 Å². The third-order valence-corrected chi connectivity index (χ3v) is 19.5. The standard InChI is InChI=1S/C85H145NO18/c1-3-5-7-9-11-13-15-17-19-21-23-24-25-26-27-28-29-30-31-32-33-34-35-36-37-38-39-40-41-42-43-44-45-47-49-51-53-55-57-59-61-63-73(91)86-68(69(90)62-60-58-56-54-52-50-48-46-22-20-18-16-14-12-10-8-6-4-2)67-99-83-79(97)76(94)81(71(65-88)101-83)104-85-80(98)77(95)82(72(66-89)102-85)103-84-78(96)75(93)74(92)70(64-87)100-84/h5,7,11,13,17,19,23-24,26-27,29-30,32-33,35-36,52,54,60,62,68-72,74-85,87-90,92-98H,3-4,6,8-10,12,14-16,18,20-22,25,28,31,34,37-51,53,55-59,61,63-67H2,1-2H3,(H,86,91)/b7-5-,13-11-,19-17-,24-23-,27-26-,30-29-,33-32-,36-35-,54-52+,62-60+. The average molecular weight is 1470 g/mol. The van der Waals surface area contributed by atoms with E-state index in [1.165, 1.54) is 154 Å². The second kappa shape index (κ2) is 64.1. The second-order valence-electron chi connectivity index (χ2n) is 28.5. The average Bonchev–Trinajstić information content (AvgIpc) is 0.783. The molecule has 3 saturated heterocycles. The van der Waals surface area contributed by atoms with Crippen molar-refractivity contribution in [2.75, 3.05) is 26.4 Å². The third-order valence-electron chi connectivity index (χ3n) is 19.5. The highest BCUT2D eigenvalue weighted by Gasteiger charge is 2.54. The predicted octanol–water partition coefficient (Wildman–Crippen LogP) is 13.9. The maximum Gasteiger partial charge on any atom is 0.220 e. The van der Waals surface area contributed by atoms with Gasteiger partial charge in [-0.25, -0.2) is 0 Å². The summed E-state index contributed by atoms with van der Waals surface area (Å²) >= 11 is 0. The largest absolute Gasteiger partial charge is 0.394 e. The molecule has 3 rings (SSSR count). The van der Waals surface area contributed by atoms with Gasteiger partial charge in [-0.15, -0.1) is 0 Å². The van der Waals surface area contributed by atoms with Crippen LogP contribution in [-0.4, -0.2) is 193 Å². The van der Waals surface area contributed by atoms with Crippen LogP contribution >= 0.6 is 0 Å². The fourth-order valence-corrected chi connectivity index (χ4v) is 13.0. The van der Waals surface area contributed by atoms with Crippen LogP contribution in [0.1, 0.15) is 277 Å². The molecule has 598 valence electrons. The first-order valence-electron chi connectivity index (χ1n) is 40.8. The molecule has 0 spiro atoms. The van der Waals surface area contributed by atoms with Crippen LogP contribution in [0.4, 0.5) is 0 Å². The highest BCUT2D eigenvalue weighted by Crippen LogP contribution is 2.33. The maximum absolute atomic E-state index is 13.5. The molecule has 0 aliphatic carbocycles. The van der Waals surface area contributed by atoms with Gasteiger partial charge in [0.05, 0.1) is 38.6 Å². The summed E-state index contributed by atoms with van der Waals surface area (Å²) in [6.45, 7) is 1.61. The number of allylic oxidation sites excluding steroid dienone is 19. The number of ether oxygens (including phenoxy) is 6. The van der Waals surface area contributed by atoms with Crippen LogP contribution in [0.15, 0.2) is 122 Å². The van der Waals surface area contributed by atoms with Gasteiger partial charge in [0.15, 0.2) is 18.9 Å². The Bertz CT molecular complexity index is 2350. The summed E-state index contributed by atoms with van der Waals surface area (Å²) in [7, 11) is 0. The van der Waals surface area contributed by atoms with Crippen LogP contribution in [0.2, 0.25) is 0 Å². The van der Waals surface area contributed by atoms with Crippen LogP contribution < -0.4 is 5.32 Å². The van der Waals surface area contributed by atoms with Crippen molar-refractivity contribution in [2.45, 2.75) is 381 Å². The minimum absolute atomic E-state index is 0.231. The molecule has 0 saturated carbocycles. The first-order chi connectivity index (χ1) is 50.8. The van der Waals surface area contributed by atoms with Crippen LogP contribution in [-0.2, 0) is 33.2 Å². The van der Waals surface area contributed by atoms with Gasteiger partial charge in [-0.2, -0.15) is 0 Å². The Hall–Kier alpha value is -3.81. The smallest absolute Gasteiger partial charge is 0.220 e. The van der Waals surface area contributed by atoms with E-state index in [1.807, 2.05) is 6.08 Å². The van der Waals surface area contributed by atoms with Crippen molar-refractivity contribution in [3.8, 4) is 0 Å². The molecular weight excluding hydrogens is 1320 g/mol. The summed E-state index contributed by atoms with van der Waals surface area (Å²) in [4.78, 5) is 13.5. The van der Waals surface area contributed by atoms with E-state index < -0.39 is 124 Å². The number of nitrogens with one attached hydrogen (secondary N) is 1. The number of aliphatic hydroxyl groups excluding tert-OH is 11. The van der Waals surface area contributed by atoms with Crippen LogP contribution in [0.3, 0.4) is 0 Å². The number of hydrogen-bond donors (Lipinski definition) is 12. The molecule has 17 atom stereocenters. The number of rotatable bonds is 63. The van der Waals surface area contributed by atoms with E-state index in [-0.39, 0.29) is 18.9 Å². The first-order valence-corrected chi connectivity index (χ1v) is 40.8. The number of aliphatic hydroxyl groups is 11. The fraction of sp³-hybridized carbons (Fsp3) is 0.753. The second-order valence-corrected chi connectivity index (χ2v) is 28.5. The Kier molecular flexibility index (Phi) is 58.1. The lowest BCUT2D eigenvalue weighted by Crippen LogP contribution is -2.66. The van der Waals surface area contributed by atoms with E-state index >= 15 is 0 Å². The van der Waals surface area contributed by atoms with Crippen molar-refractivity contribution in [3.05, 3.63) is 122 Å². The molecule has 0 bridgehead atoms. The van der Waals surface area contributed by atoms with Crippen molar-refractivity contribution in [1.29, 1.82) is 0 Å². The number of carbonyl (C=O) groups excluding carboxylic acids is 1. The molecule has 0 radical (unpaired) electrons. The Morgan fingerprint density at radius 2 is 0.673 bits per heavy atom. The zero-order chi connectivity index (χ0) is 75.3. The lowest BCUT2D eigenvalue weighted by molar-refractivity contribution is -0.379. The van der Waals surface area contributed by atoms with Gasteiger partial charge in [-0.3, -0.25) is 4.79 Å². The molecule has 19 nitrogen and oxygen atoms in total. The van der Waals surface area contributed by atoms with E-state index in [0.717, 1.165) is 89.9 Å². The van der Waals surface area contributed by atoms with Crippen LogP contribution in [0.5, 0.6) is 0 Å². The Labute approximate surface area is 627 Å². The SMILES string of the molecule is CC/C=C\C/C=C\C/C=C\C/C=C\C/C=C\C/C=C\C/C=C\C/C=C\CCCCCCCCCCCCCCCCCCC(=O)NC(COC1OC(CO)C(OC2OC(CO)C(OC3OC(CO)C(O)C(O)C3O)C(O)C2O)C(O)C1O)C(O)/C=C/CC/C=C/CCCCCCCCCCCCCC. The molecule has 0 aromatic carbocycles. The number of carbonyl (C=O) groups is 1. The molecule has 17 unspecified atom stereocenters. The topological polar surface area (TPSA) is 307 Å². The summed E-state index contributed by atoms with van der Waals surface area (Å²) in [5.74, 6) is -0.287. The van der Waals surface area contributed by atoms with E-state index in [4.69, 9.17) is 28.4 Å².